The van der Waals surface area contributed by atoms with Gasteiger partial charge in [-0.25, -0.2) is 0 Å². The zero-order valence-electron chi connectivity index (χ0n) is 13.6. The van der Waals surface area contributed by atoms with Gasteiger partial charge in [0.05, 0.1) is 0 Å². The summed E-state index contributed by atoms with van der Waals surface area (Å²) < 4.78 is 0. The molecule has 1 N–H and O–H groups in total. The van der Waals surface area contributed by atoms with Crippen molar-refractivity contribution in [1.29, 1.82) is 0 Å². The third-order valence-corrected chi connectivity index (χ3v) is 5.62. The van der Waals surface area contributed by atoms with Crippen LogP contribution < -0.4 is 5.32 Å². The van der Waals surface area contributed by atoms with E-state index in [1.54, 1.807) is 0 Å². The molecule has 0 aromatic rings. The summed E-state index contributed by atoms with van der Waals surface area (Å²) in [5.41, 5.74) is 1.03. The fraction of sp³-hybridized carbons (Fsp3) is 1.00. The summed E-state index contributed by atoms with van der Waals surface area (Å²) in [5, 5.41) is 3.75. The van der Waals surface area contributed by atoms with E-state index in [0.717, 1.165) is 18.5 Å². The van der Waals surface area contributed by atoms with Gasteiger partial charge in [-0.3, -0.25) is 0 Å². The van der Waals surface area contributed by atoms with Crippen LogP contribution in [0.25, 0.3) is 0 Å². The maximum absolute atomic E-state index is 3.75. The van der Waals surface area contributed by atoms with Crippen molar-refractivity contribution in [3.8, 4) is 0 Å². The molecule has 1 rings (SSSR count). The summed E-state index contributed by atoms with van der Waals surface area (Å²) in [6, 6.07) is 0.738. The van der Waals surface area contributed by atoms with Crippen LogP contribution in [0.5, 0.6) is 0 Å². The second-order valence-corrected chi connectivity index (χ2v) is 7.29. The largest absolute Gasteiger partial charge is 0.314 e. The van der Waals surface area contributed by atoms with Crippen molar-refractivity contribution >= 4 is 0 Å². The van der Waals surface area contributed by atoms with Gasteiger partial charge in [0, 0.05) is 6.04 Å². The van der Waals surface area contributed by atoms with Crippen molar-refractivity contribution < 1.29 is 0 Å². The Balaban J connectivity index is 2.38. The van der Waals surface area contributed by atoms with Crippen LogP contribution in [0.2, 0.25) is 0 Å². The Morgan fingerprint density at radius 2 is 1.44 bits per heavy atom. The molecule has 0 bridgehead atoms. The molecule has 108 valence electrons. The number of unbranched alkanes of at least 4 members (excludes halogenated alkanes) is 4. The summed E-state index contributed by atoms with van der Waals surface area (Å²) in [6.07, 6.45) is 8.37. The Morgan fingerprint density at radius 3 is 1.89 bits per heavy atom. The van der Waals surface area contributed by atoms with Gasteiger partial charge in [-0.15, -0.1) is 0 Å². The van der Waals surface area contributed by atoms with Crippen molar-refractivity contribution in [2.45, 2.75) is 86.1 Å². The van der Waals surface area contributed by atoms with Crippen LogP contribution in [0, 0.1) is 16.7 Å². The third-order valence-electron chi connectivity index (χ3n) is 5.62. The molecule has 0 spiro atoms. The van der Waals surface area contributed by atoms with Gasteiger partial charge < -0.3 is 5.32 Å². The number of nitrogens with one attached hydrogen (secondary N) is 1. The molecule has 0 aromatic carbocycles. The van der Waals surface area contributed by atoms with Crippen molar-refractivity contribution in [2.75, 3.05) is 6.54 Å². The highest BCUT2D eigenvalue weighted by molar-refractivity contribution is 5.16. The maximum atomic E-state index is 3.75. The van der Waals surface area contributed by atoms with Gasteiger partial charge in [0.25, 0.3) is 0 Å². The second kappa shape index (κ2) is 6.41. The molecular formula is C17H35N. The minimum absolute atomic E-state index is 0.517. The van der Waals surface area contributed by atoms with Crippen LogP contribution in [0.4, 0.5) is 0 Å². The zero-order valence-corrected chi connectivity index (χ0v) is 13.6. The van der Waals surface area contributed by atoms with E-state index in [-0.39, 0.29) is 0 Å². The molecular weight excluding hydrogens is 218 g/mol. The normalized spacial score (nSPS) is 23.0. The maximum Gasteiger partial charge on any atom is 0.0106 e. The number of rotatable bonds is 9. The van der Waals surface area contributed by atoms with Crippen molar-refractivity contribution in [3.63, 3.8) is 0 Å². The topological polar surface area (TPSA) is 12.0 Å². The Hall–Kier alpha value is -0.0400. The lowest BCUT2D eigenvalue weighted by atomic mass is 9.97. The van der Waals surface area contributed by atoms with E-state index in [9.17, 15) is 0 Å². The van der Waals surface area contributed by atoms with Crippen molar-refractivity contribution in [3.05, 3.63) is 0 Å². The van der Waals surface area contributed by atoms with E-state index in [4.69, 9.17) is 0 Å². The minimum Gasteiger partial charge on any atom is -0.314 e. The SMILES string of the molecule is CCCCCCCC(NCC)C1C(C)(C)C1(C)C. The fourth-order valence-corrected chi connectivity index (χ4v) is 3.87. The second-order valence-electron chi connectivity index (χ2n) is 7.29. The molecule has 1 aliphatic rings. The average Bonchev–Trinajstić information content (AvgIpc) is 2.68. The molecule has 0 aliphatic heterocycles. The third kappa shape index (κ3) is 3.29. The molecule has 0 aromatic heterocycles. The Kier molecular flexibility index (Phi) is 5.70. The first-order chi connectivity index (χ1) is 8.39. The van der Waals surface area contributed by atoms with Crippen molar-refractivity contribution in [2.24, 2.45) is 16.7 Å². The Labute approximate surface area is 115 Å². The molecule has 1 nitrogen and oxygen atoms in total. The molecule has 18 heavy (non-hydrogen) atoms. The molecule has 1 atom stereocenters. The summed E-state index contributed by atoms with van der Waals surface area (Å²) >= 11 is 0. The lowest BCUT2D eigenvalue weighted by Gasteiger charge is -2.20. The van der Waals surface area contributed by atoms with E-state index in [0.29, 0.717) is 10.8 Å². The van der Waals surface area contributed by atoms with Gasteiger partial charge in [0.2, 0.25) is 0 Å². The molecule has 1 fully saturated rings. The van der Waals surface area contributed by atoms with Crippen LogP contribution in [0.3, 0.4) is 0 Å². The van der Waals surface area contributed by atoms with Gasteiger partial charge >= 0.3 is 0 Å². The Morgan fingerprint density at radius 1 is 0.889 bits per heavy atom. The summed E-state index contributed by atoms with van der Waals surface area (Å²) in [5.74, 6) is 0.858. The summed E-state index contributed by atoms with van der Waals surface area (Å²) in [6.45, 7) is 15.4. The number of hydrogen-bond donors (Lipinski definition) is 1. The molecule has 0 amide bonds. The lowest BCUT2D eigenvalue weighted by molar-refractivity contribution is 0.370. The summed E-state index contributed by atoms with van der Waals surface area (Å²) in [4.78, 5) is 0. The first-order valence-electron chi connectivity index (χ1n) is 8.13. The quantitative estimate of drug-likeness (QED) is 0.570. The predicted molar refractivity (Wildman–Crippen MR) is 81.9 cm³/mol. The van der Waals surface area contributed by atoms with E-state index >= 15 is 0 Å². The molecule has 0 radical (unpaired) electrons. The monoisotopic (exact) mass is 253 g/mol. The lowest BCUT2D eigenvalue weighted by Crippen LogP contribution is -2.33. The highest BCUT2D eigenvalue weighted by Gasteiger charge is 2.66. The molecule has 1 saturated carbocycles. The van der Waals surface area contributed by atoms with E-state index < -0.39 is 0 Å². The van der Waals surface area contributed by atoms with Gasteiger partial charge in [-0.2, -0.15) is 0 Å². The first kappa shape index (κ1) is 16.0. The van der Waals surface area contributed by atoms with E-state index in [1.165, 1.54) is 38.5 Å². The van der Waals surface area contributed by atoms with Crippen LogP contribution in [-0.4, -0.2) is 12.6 Å². The van der Waals surface area contributed by atoms with Crippen LogP contribution in [0.1, 0.15) is 80.1 Å². The molecule has 0 saturated heterocycles. The molecule has 0 heterocycles. The van der Waals surface area contributed by atoms with Gasteiger partial charge in [0.1, 0.15) is 0 Å². The van der Waals surface area contributed by atoms with Gasteiger partial charge in [0.15, 0.2) is 0 Å². The average molecular weight is 253 g/mol. The molecule has 1 aliphatic carbocycles. The smallest absolute Gasteiger partial charge is 0.0106 e. The molecule has 1 unspecified atom stereocenters. The van der Waals surface area contributed by atoms with Crippen LogP contribution in [0.15, 0.2) is 0 Å². The minimum atomic E-state index is 0.517. The highest BCUT2D eigenvalue weighted by atomic mass is 15.0. The highest BCUT2D eigenvalue weighted by Crippen LogP contribution is 2.70. The number of hydrogen-bond acceptors (Lipinski definition) is 1. The fourth-order valence-electron chi connectivity index (χ4n) is 3.87. The molecule has 1 heteroatoms. The predicted octanol–water partition coefficient (Wildman–Crippen LogP) is 5.01. The Bertz CT molecular complexity index is 228. The van der Waals surface area contributed by atoms with Gasteiger partial charge in [-0.1, -0.05) is 73.6 Å². The summed E-state index contributed by atoms with van der Waals surface area (Å²) in [7, 11) is 0. The van der Waals surface area contributed by atoms with Crippen LogP contribution in [-0.2, 0) is 0 Å². The first-order valence-corrected chi connectivity index (χ1v) is 8.13. The van der Waals surface area contributed by atoms with E-state index in [1.807, 2.05) is 0 Å². The van der Waals surface area contributed by atoms with Crippen LogP contribution >= 0.6 is 0 Å². The standard InChI is InChI=1S/C17H35N/c1-7-9-10-11-12-13-14(18-8-2)15-16(3,4)17(15,5)6/h14-15,18H,7-13H2,1-6H3. The van der Waals surface area contributed by atoms with E-state index in [2.05, 4.69) is 46.9 Å². The zero-order chi connectivity index (χ0) is 13.8. The van der Waals surface area contributed by atoms with Gasteiger partial charge in [-0.05, 0) is 29.7 Å². The van der Waals surface area contributed by atoms with Crippen molar-refractivity contribution in [1.82, 2.24) is 5.32 Å².